The molecule has 33 heavy (non-hydrogen) atoms. The van der Waals surface area contributed by atoms with Crippen LogP contribution in [-0.4, -0.2) is 47.1 Å². The summed E-state index contributed by atoms with van der Waals surface area (Å²) < 4.78 is 5.44. The Kier molecular flexibility index (Phi) is 8.69. The smallest absolute Gasteiger partial charge is 0.488 e. The molecule has 0 saturated heterocycles. The van der Waals surface area contributed by atoms with Gasteiger partial charge >= 0.3 is 7.12 Å². The van der Waals surface area contributed by atoms with E-state index >= 15 is 0 Å². The fourth-order valence-corrected chi connectivity index (χ4v) is 4.10. The molecular formula is C25H35BN2O5. The number of hydrazine groups is 1. The zero-order valence-corrected chi connectivity index (χ0v) is 20.6. The molecule has 1 aliphatic carbocycles. The molecule has 0 heterocycles. The van der Waals surface area contributed by atoms with Crippen molar-refractivity contribution in [3.05, 3.63) is 64.5 Å². The topological polar surface area (TPSA) is 99.1 Å². The van der Waals surface area contributed by atoms with E-state index in [2.05, 4.69) is 5.43 Å². The third-order valence-electron chi connectivity index (χ3n) is 5.80. The van der Waals surface area contributed by atoms with Gasteiger partial charge in [-0.2, -0.15) is 0 Å². The second-order valence-corrected chi connectivity index (χ2v) is 9.38. The highest BCUT2D eigenvalue weighted by Gasteiger charge is 2.35. The Morgan fingerprint density at radius 3 is 2.42 bits per heavy atom. The first kappa shape index (κ1) is 26.4. The summed E-state index contributed by atoms with van der Waals surface area (Å²) in [6, 6.07) is 4.40. The monoisotopic (exact) mass is 454 g/mol. The Morgan fingerprint density at radius 2 is 1.88 bits per heavy atom. The Morgan fingerprint density at radius 1 is 1.21 bits per heavy atom. The molecule has 0 aliphatic heterocycles. The molecule has 3 N–H and O–H groups in total. The molecule has 1 aromatic rings. The summed E-state index contributed by atoms with van der Waals surface area (Å²) in [5.41, 5.74) is 4.82. The average molecular weight is 454 g/mol. The lowest BCUT2D eigenvalue weighted by Gasteiger charge is -2.39. The first-order chi connectivity index (χ1) is 15.4. The van der Waals surface area contributed by atoms with Gasteiger partial charge in [-0.25, -0.2) is 5.01 Å². The van der Waals surface area contributed by atoms with Crippen molar-refractivity contribution < 1.29 is 24.4 Å². The number of amides is 2. The van der Waals surface area contributed by atoms with E-state index in [1.54, 1.807) is 38.3 Å². The lowest BCUT2D eigenvalue weighted by atomic mass is 9.78. The number of benzene rings is 1. The summed E-state index contributed by atoms with van der Waals surface area (Å²) in [6.45, 7) is 11.6. The van der Waals surface area contributed by atoms with Crippen LogP contribution in [-0.2, 0) is 9.53 Å². The third kappa shape index (κ3) is 6.36. The number of carbonyl (C=O) groups is 2. The van der Waals surface area contributed by atoms with Crippen molar-refractivity contribution in [1.82, 2.24) is 10.4 Å². The predicted molar refractivity (Wildman–Crippen MR) is 130 cm³/mol. The van der Waals surface area contributed by atoms with Gasteiger partial charge in [-0.15, -0.1) is 0 Å². The largest absolute Gasteiger partial charge is 0.500 e. The number of nitrogens with one attached hydrogen (secondary N) is 1. The second kappa shape index (κ2) is 10.9. The fourth-order valence-electron chi connectivity index (χ4n) is 4.10. The summed E-state index contributed by atoms with van der Waals surface area (Å²) in [4.78, 5) is 27.1. The lowest BCUT2D eigenvalue weighted by Crippen LogP contribution is -2.56. The van der Waals surface area contributed by atoms with Crippen molar-refractivity contribution in [1.29, 1.82) is 0 Å². The minimum Gasteiger partial charge on any atom is -0.500 e. The van der Waals surface area contributed by atoms with Crippen LogP contribution in [0.4, 0.5) is 0 Å². The third-order valence-corrected chi connectivity index (χ3v) is 5.80. The molecule has 1 unspecified atom stereocenters. The lowest BCUT2D eigenvalue weighted by molar-refractivity contribution is -0.122. The number of allylic oxidation sites excluding steroid dienone is 3. The molecule has 0 spiro atoms. The van der Waals surface area contributed by atoms with Gasteiger partial charge in [0.25, 0.3) is 11.8 Å². The molecule has 2 amide bonds. The van der Waals surface area contributed by atoms with Crippen molar-refractivity contribution in [2.75, 3.05) is 7.11 Å². The van der Waals surface area contributed by atoms with Crippen LogP contribution in [0.2, 0.25) is 0 Å². The first-order valence-electron chi connectivity index (χ1n) is 11.1. The quantitative estimate of drug-likeness (QED) is 0.454. The van der Waals surface area contributed by atoms with Gasteiger partial charge in [0.1, 0.15) is 5.76 Å². The maximum absolute atomic E-state index is 13.7. The maximum atomic E-state index is 13.7. The van der Waals surface area contributed by atoms with Gasteiger partial charge in [-0.1, -0.05) is 51.5 Å². The molecule has 0 fully saturated rings. The number of hydrogen-bond acceptors (Lipinski definition) is 5. The number of methoxy groups -OCH3 is 1. The van der Waals surface area contributed by atoms with Crippen LogP contribution in [0, 0.1) is 12.3 Å². The van der Waals surface area contributed by atoms with Crippen LogP contribution in [0.3, 0.4) is 0 Å². The zero-order valence-electron chi connectivity index (χ0n) is 20.6. The van der Waals surface area contributed by atoms with Crippen LogP contribution in [0.15, 0.2) is 53.3 Å². The van der Waals surface area contributed by atoms with Gasteiger partial charge < -0.3 is 14.8 Å². The predicted octanol–water partition coefficient (Wildman–Crippen LogP) is 2.78. The van der Waals surface area contributed by atoms with Gasteiger partial charge in [0, 0.05) is 17.6 Å². The number of aryl methyl sites for hydroxylation is 1. The van der Waals surface area contributed by atoms with Crippen LogP contribution in [0.5, 0.6) is 0 Å². The van der Waals surface area contributed by atoms with E-state index in [0.717, 1.165) is 0 Å². The Balaban J connectivity index is 2.52. The molecule has 1 atom stereocenters. The molecule has 7 nitrogen and oxygen atoms in total. The highest BCUT2D eigenvalue weighted by molar-refractivity contribution is 6.58. The highest BCUT2D eigenvalue weighted by atomic mass is 16.5. The molecule has 0 saturated carbocycles. The Labute approximate surface area is 196 Å². The molecule has 1 aromatic carbocycles. The molecule has 0 aromatic heterocycles. The number of ether oxygens (including phenoxy) is 1. The molecule has 2 rings (SSSR count). The van der Waals surface area contributed by atoms with Crippen molar-refractivity contribution in [3.63, 3.8) is 0 Å². The van der Waals surface area contributed by atoms with E-state index in [1.807, 2.05) is 40.7 Å². The molecule has 0 bridgehead atoms. The molecule has 178 valence electrons. The van der Waals surface area contributed by atoms with Gasteiger partial charge in [0.15, 0.2) is 0 Å². The van der Waals surface area contributed by atoms with Gasteiger partial charge in [-0.3, -0.25) is 15.0 Å². The molecule has 1 aliphatic rings. The van der Waals surface area contributed by atoms with Gasteiger partial charge in [0.05, 0.1) is 13.2 Å². The number of rotatable bonds is 6. The Bertz CT molecular complexity index is 989. The van der Waals surface area contributed by atoms with E-state index in [1.165, 1.54) is 11.1 Å². The molecule has 8 heteroatoms. The van der Waals surface area contributed by atoms with Crippen LogP contribution in [0.25, 0.3) is 0 Å². The fraction of sp³-hybridized carbons (Fsp3) is 0.440. The minimum absolute atomic E-state index is 0.216. The number of hydrogen-bond donors (Lipinski definition) is 3. The molecule has 0 radical (unpaired) electrons. The van der Waals surface area contributed by atoms with Crippen LogP contribution >= 0.6 is 0 Å². The van der Waals surface area contributed by atoms with Crippen molar-refractivity contribution >= 4 is 24.4 Å². The SMILES string of the molecule is CCC(N(NC(=O)C1=CC=CCC(OC)=C1C)C(=O)c1cc(C)cc(B(O)O)c1)C(C)(C)C. The van der Waals surface area contributed by atoms with Gasteiger partial charge in [0.2, 0.25) is 0 Å². The first-order valence-corrected chi connectivity index (χ1v) is 11.1. The number of carbonyl (C=O) groups excluding carboxylic acids is 2. The maximum Gasteiger partial charge on any atom is 0.488 e. The molecular weight excluding hydrogens is 419 g/mol. The van der Waals surface area contributed by atoms with E-state index < -0.39 is 18.9 Å². The standard InChI is InChI=1S/C25H35BN2O5/c1-8-22(25(4,5)6)28(24(30)18-13-16(2)14-19(15-18)26(31)32)27-23(29)20-11-9-10-12-21(33-7)17(20)3/h9-11,13-15,22,31-32H,8,12H2,1-7H3,(H,27,29). The van der Waals surface area contributed by atoms with Crippen molar-refractivity contribution in [3.8, 4) is 0 Å². The van der Waals surface area contributed by atoms with Crippen LogP contribution in [0.1, 0.15) is 63.4 Å². The second-order valence-electron chi connectivity index (χ2n) is 9.38. The number of nitrogens with zero attached hydrogens (tertiary/aromatic N) is 1. The normalized spacial score (nSPS) is 14.9. The van der Waals surface area contributed by atoms with Crippen molar-refractivity contribution in [2.24, 2.45) is 5.41 Å². The zero-order chi connectivity index (χ0) is 24.9. The van der Waals surface area contributed by atoms with E-state index in [4.69, 9.17) is 4.74 Å². The van der Waals surface area contributed by atoms with E-state index in [-0.39, 0.29) is 22.5 Å². The van der Waals surface area contributed by atoms with E-state index in [9.17, 15) is 19.6 Å². The van der Waals surface area contributed by atoms with E-state index in [0.29, 0.717) is 35.3 Å². The van der Waals surface area contributed by atoms with Crippen molar-refractivity contribution in [2.45, 2.75) is 60.4 Å². The summed E-state index contributed by atoms with van der Waals surface area (Å²) in [7, 11) is -0.131. The van der Waals surface area contributed by atoms with Crippen LogP contribution < -0.4 is 10.9 Å². The summed E-state index contributed by atoms with van der Waals surface area (Å²) >= 11 is 0. The summed E-state index contributed by atoms with van der Waals surface area (Å²) in [5.74, 6) is -0.153. The Hall–Kier alpha value is -2.84. The highest BCUT2D eigenvalue weighted by Crippen LogP contribution is 2.28. The minimum atomic E-state index is -1.70. The summed E-state index contributed by atoms with van der Waals surface area (Å²) in [5, 5.41) is 20.6. The van der Waals surface area contributed by atoms with Gasteiger partial charge in [-0.05, 0) is 54.9 Å². The summed E-state index contributed by atoms with van der Waals surface area (Å²) in [6.07, 6.45) is 6.60. The average Bonchev–Trinajstić information content (AvgIpc) is 2.92.